The van der Waals surface area contributed by atoms with Crippen LogP contribution < -0.4 is 14.8 Å². The Balaban J connectivity index is 1.60. The maximum Gasteiger partial charge on any atom is 0.251 e. The number of hydrogen-bond donors (Lipinski definition) is 1. The molecule has 1 aliphatic rings. The summed E-state index contributed by atoms with van der Waals surface area (Å²) in [5, 5.41) is 7.62. The van der Waals surface area contributed by atoms with Crippen molar-refractivity contribution in [2.45, 2.75) is 58.4 Å². The average Bonchev–Trinajstić information content (AvgIpc) is 3.20. The van der Waals surface area contributed by atoms with Gasteiger partial charge in [0.25, 0.3) is 5.79 Å². The van der Waals surface area contributed by atoms with Gasteiger partial charge in [-0.1, -0.05) is 13.8 Å². The molecule has 0 fully saturated rings. The Labute approximate surface area is 136 Å². The Hall–Kier alpha value is -2.24. The zero-order valence-electron chi connectivity index (χ0n) is 14.0. The summed E-state index contributed by atoms with van der Waals surface area (Å²) >= 11 is 0. The van der Waals surface area contributed by atoms with E-state index in [1.54, 1.807) is 12.7 Å². The van der Waals surface area contributed by atoms with E-state index in [2.05, 4.69) is 36.2 Å². The summed E-state index contributed by atoms with van der Waals surface area (Å²) in [6.45, 7) is 7.17. The molecule has 23 heavy (non-hydrogen) atoms. The van der Waals surface area contributed by atoms with Crippen LogP contribution in [-0.2, 0) is 6.54 Å². The lowest BCUT2D eigenvalue weighted by molar-refractivity contribution is -0.0843. The lowest BCUT2D eigenvalue weighted by Crippen LogP contribution is -2.36. The fourth-order valence-corrected chi connectivity index (χ4v) is 2.75. The lowest BCUT2D eigenvalue weighted by atomic mass is 10.1. The van der Waals surface area contributed by atoms with Gasteiger partial charge in [0.05, 0.1) is 0 Å². The first kappa shape index (κ1) is 15.6. The third-order valence-corrected chi connectivity index (χ3v) is 4.28. The minimum atomic E-state index is -0.500. The molecule has 1 N–H and O–H groups in total. The van der Waals surface area contributed by atoms with E-state index in [4.69, 9.17) is 9.47 Å². The second-order valence-corrected chi connectivity index (χ2v) is 5.98. The standard InChI is InChI=1S/C17H24N4O2/c1-4-17(5-2)22-15-7-6-14(10-16(15)23-17)20-13(3)8-9-21-12-18-11-19-21/h6-7,10-13,20H,4-5,8-9H2,1-3H3. The van der Waals surface area contributed by atoms with Gasteiger partial charge in [-0.05, 0) is 25.5 Å². The molecule has 1 aliphatic heterocycles. The van der Waals surface area contributed by atoms with Crippen LogP contribution >= 0.6 is 0 Å². The molecule has 0 spiro atoms. The first-order valence-corrected chi connectivity index (χ1v) is 8.25. The number of fused-ring (bicyclic) bond motifs is 1. The molecule has 0 saturated carbocycles. The third kappa shape index (κ3) is 3.41. The van der Waals surface area contributed by atoms with Crippen LogP contribution in [0.1, 0.15) is 40.0 Å². The van der Waals surface area contributed by atoms with Crippen LogP contribution in [-0.4, -0.2) is 26.6 Å². The normalized spacial score (nSPS) is 16.3. The highest BCUT2D eigenvalue weighted by Gasteiger charge is 2.38. The molecule has 0 aliphatic carbocycles. The van der Waals surface area contributed by atoms with Crippen LogP contribution in [0, 0.1) is 0 Å². The van der Waals surface area contributed by atoms with Gasteiger partial charge in [0.1, 0.15) is 12.7 Å². The van der Waals surface area contributed by atoms with Crippen LogP contribution in [0.25, 0.3) is 0 Å². The third-order valence-electron chi connectivity index (χ3n) is 4.28. The Morgan fingerprint density at radius 3 is 2.70 bits per heavy atom. The van der Waals surface area contributed by atoms with E-state index >= 15 is 0 Å². The summed E-state index contributed by atoms with van der Waals surface area (Å²) in [4.78, 5) is 3.95. The van der Waals surface area contributed by atoms with Crippen molar-refractivity contribution >= 4 is 5.69 Å². The van der Waals surface area contributed by atoms with Gasteiger partial charge in [0.2, 0.25) is 0 Å². The first-order chi connectivity index (χ1) is 11.1. The smallest absolute Gasteiger partial charge is 0.251 e. The van der Waals surface area contributed by atoms with Gasteiger partial charge in [0, 0.05) is 37.2 Å². The fraction of sp³-hybridized carbons (Fsp3) is 0.529. The average molecular weight is 316 g/mol. The maximum atomic E-state index is 6.05. The van der Waals surface area contributed by atoms with Crippen molar-refractivity contribution in [3.05, 3.63) is 30.9 Å². The number of nitrogens with zero attached hydrogens (tertiary/aromatic N) is 3. The van der Waals surface area contributed by atoms with E-state index in [0.29, 0.717) is 6.04 Å². The van der Waals surface area contributed by atoms with Crippen LogP contribution in [0.3, 0.4) is 0 Å². The maximum absolute atomic E-state index is 6.05. The van der Waals surface area contributed by atoms with Gasteiger partial charge in [-0.3, -0.25) is 4.68 Å². The largest absolute Gasteiger partial charge is 0.448 e. The van der Waals surface area contributed by atoms with E-state index in [9.17, 15) is 0 Å². The fourth-order valence-electron chi connectivity index (χ4n) is 2.75. The van der Waals surface area contributed by atoms with E-state index in [1.807, 2.05) is 22.9 Å². The lowest BCUT2D eigenvalue weighted by Gasteiger charge is -2.24. The number of hydrogen-bond acceptors (Lipinski definition) is 5. The number of aryl methyl sites for hydroxylation is 1. The molecular formula is C17H24N4O2. The Bertz CT molecular complexity index is 638. The number of nitrogens with one attached hydrogen (secondary N) is 1. The van der Waals surface area contributed by atoms with Crippen molar-refractivity contribution < 1.29 is 9.47 Å². The van der Waals surface area contributed by atoms with Gasteiger partial charge in [-0.2, -0.15) is 5.10 Å². The van der Waals surface area contributed by atoms with Crippen LogP contribution in [0.15, 0.2) is 30.9 Å². The van der Waals surface area contributed by atoms with E-state index in [1.165, 1.54) is 0 Å². The van der Waals surface area contributed by atoms with Crippen LogP contribution in [0.2, 0.25) is 0 Å². The highest BCUT2D eigenvalue weighted by Crippen LogP contribution is 2.43. The highest BCUT2D eigenvalue weighted by molar-refractivity contribution is 5.56. The second-order valence-electron chi connectivity index (χ2n) is 5.98. The number of rotatable bonds is 7. The van der Waals surface area contributed by atoms with Crippen molar-refractivity contribution in [3.8, 4) is 11.5 Å². The molecule has 2 aromatic rings. The topological polar surface area (TPSA) is 61.2 Å². The Morgan fingerprint density at radius 1 is 1.22 bits per heavy atom. The molecule has 0 amide bonds. The van der Waals surface area contributed by atoms with Crippen molar-refractivity contribution in [2.75, 3.05) is 5.32 Å². The molecule has 6 nitrogen and oxygen atoms in total. The quantitative estimate of drug-likeness (QED) is 0.847. The summed E-state index contributed by atoms with van der Waals surface area (Å²) in [5.74, 6) is 1.15. The summed E-state index contributed by atoms with van der Waals surface area (Å²) in [5.41, 5.74) is 1.04. The number of ether oxygens (including phenoxy) is 2. The number of aromatic nitrogens is 3. The van der Waals surface area contributed by atoms with Crippen molar-refractivity contribution in [1.82, 2.24) is 14.8 Å². The molecule has 1 unspecified atom stereocenters. The SMILES string of the molecule is CCC1(CC)Oc2ccc(NC(C)CCn3cncn3)cc2O1. The van der Waals surface area contributed by atoms with Crippen molar-refractivity contribution in [2.24, 2.45) is 0 Å². The molecule has 1 aromatic heterocycles. The summed E-state index contributed by atoms with van der Waals surface area (Å²) in [7, 11) is 0. The highest BCUT2D eigenvalue weighted by atomic mass is 16.7. The molecule has 2 heterocycles. The van der Waals surface area contributed by atoms with Gasteiger partial charge < -0.3 is 14.8 Å². The monoisotopic (exact) mass is 316 g/mol. The molecule has 1 aromatic carbocycles. The van der Waals surface area contributed by atoms with Crippen molar-refractivity contribution in [1.29, 1.82) is 0 Å². The van der Waals surface area contributed by atoms with E-state index < -0.39 is 5.79 Å². The Morgan fingerprint density at radius 2 is 2.00 bits per heavy atom. The van der Waals surface area contributed by atoms with E-state index in [-0.39, 0.29) is 0 Å². The molecular weight excluding hydrogens is 292 g/mol. The minimum absolute atomic E-state index is 0.321. The van der Waals surface area contributed by atoms with Crippen molar-refractivity contribution in [3.63, 3.8) is 0 Å². The molecule has 3 rings (SSSR count). The molecule has 6 heteroatoms. The van der Waals surface area contributed by atoms with Gasteiger partial charge in [0.15, 0.2) is 11.5 Å². The zero-order valence-corrected chi connectivity index (χ0v) is 14.0. The first-order valence-electron chi connectivity index (χ1n) is 8.25. The summed E-state index contributed by atoms with van der Waals surface area (Å²) in [6, 6.07) is 6.36. The van der Waals surface area contributed by atoms with Gasteiger partial charge >= 0.3 is 0 Å². The van der Waals surface area contributed by atoms with Gasteiger partial charge in [-0.25, -0.2) is 4.98 Å². The zero-order chi connectivity index (χ0) is 16.3. The van der Waals surface area contributed by atoms with E-state index in [0.717, 1.165) is 43.0 Å². The molecule has 0 saturated heterocycles. The predicted octanol–water partition coefficient (Wildman–Crippen LogP) is 3.46. The predicted molar refractivity (Wildman–Crippen MR) is 88.7 cm³/mol. The molecule has 0 radical (unpaired) electrons. The second kappa shape index (κ2) is 6.48. The molecule has 1 atom stereocenters. The minimum Gasteiger partial charge on any atom is -0.448 e. The molecule has 0 bridgehead atoms. The van der Waals surface area contributed by atoms with Gasteiger partial charge in [-0.15, -0.1) is 0 Å². The summed E-state index contributed by atoms with van der Waals surface area (Å²) in [6.07, 6.45) is 5.92. The number of benzene rings is 1. The molecule has 124 valence electrons. The van der Waals surface area contributed by atoms with Crippen LogP contribution in [0.5, 0.6) is 11.5 Å². The Kier molecular flexibility index (Phi) is 4.41. The summed E-state index contributed by atoms with van der Waals surface area (Å²) < 4.78 is 13.9. The van der Waals surface area contributed by atoms with Crippen LogP contribution in [0.4, 0.5) is 5.69 Å². The number of anilines is 1.